The number of methoxy groups -OCH3 is 1. The molecule has 0 heterocycles. The fourth-order valence-corrected chi connectivity index (χ4v) is 2.10. The molecule has 1 aromatic rings. The number of sulfone groups is 1. The quantitative estimate of drug-likeness (QED) is 0.840. The van der Waals surface area contributed by atoms with Gasteiger partial charge in [-0.2, -0.15) is 0 Å². The van der Waals surface area contributed by atoms with Crippen LogP contribution in [0.1, 0.15) is 0 Å². The van der Waals surface area contributed by atoms with Crippen LogP contribution in [0.5, 0.6) is 5.75 Å². The maximum absolute atomic E-state index is 11.4. The van der Waals surface area contributed by atoms with E-state index in [4.69, 9.17) is 16.3 Å². The first-order valence-corrected chi connectivity index (χ1v) is 7.02. The van der Waals surface area contributed by atoms with E-state index in [1.54, 1.807) is 0 Å². The molecule has 0 saturated heterocycles. The Hall–Kier alpha value is -2.20. The third-order valence-corrected chi connectivity index (χ3v) is 3.46. The van der Waals surface area contributed by atoms with E-state index in [0.717, 1.165) is 11.2 Å². The first kappa shape index (κ1) is 14.9. The second-order valence-electron chi connectivity index (χ2n) is 3.68. The predicted octanol–water partition coefficient (Wildman–Crippen LogP) is 1.22. The zero-order chi connectivity index (χ0) is 14.6. The molecular formula is C12H13NO5S. The van der Waals surface area contributed by atoms with Gasteiger partial charge < -0.3 is 9.84 Å². The molecule has 19 heavy (non-hydrogen) atoms. The van der Waals surface area contributed by atoms with Gasteiger partial charge in [-0.05, 0) is 12.1 Å². The van der Waals surface area contributed by atoms with Crippen molar-refractivity contribution in [3.63, 3.8) is 0 Å². The van der Waals surface area contributed by atoms with Crippen molar-refractivity contribution in [2.24, 2.45) is 0 Å². The molecule has 0 bridgehead atoms. The maximum Gasteiger partial charge on any atom is 0.412 e. The Morgan fingerprint density at radius 2 is 2.16 bits per heavy atom. The lowest BCUT2D eigenvalue weighted by molar-refractivity contribution is 0.202. The number of ether oxygens (including phenoxy) is 1. The number of carbonyl (C=O) groups is 1. The van der Waals surface area contributed by atoms with E-state index in [9.17, 15) is 13.2 Å². The van der Waals surface area contributed by atoms with Crippen LogP contribution in [0.25, 0.3) is 0 Å². The lowest BCUT2D eigenvalue weighted by Crippen LogP contribution is -2.29. The highest BCUT2D eigenvalue weighted by Gasteiger charge is 2.19. The summed E-state index contributed by atoms with van der Waals surface area (Å²) in [6.45, 7) is -0.163. The Morgan fingerprint density at radius 3 is 2.58 bits per heavy atom. The number of hydrogen-bond donors (Lipinski definition) is 1. The van der Waals surface area contributed by atoms with Crippen molar-refractivity contribution in [3.8, 4) is 18.1 Å². The molecule has 0 aliphatic rings. The summed E-state index contributed by atoms with van der Waals surface area (Å²) < 4.78 is 27.9. The molecular weight excluding hydrogens is 270 g/mol. The van der Waals surface area contributed by atoms with Crippen LogP contribution in [0.15, 0.2) is 23.1 Å². The number of anilines is 1. The summed E-state index contributed by atoms with van der Waals surface area (Å²) in [6, 6.07) is 3.91. The van der Waals surface area contributed by atoms with Crippen LogP contribution in [-0.2, 0) is 9.84 Å². The number of carboxylic acid groups (broad SMARTS) is 1. The Labute approximate surface area is 111 Å². The van der Waals surface area contributed by atoms with Crippen molar-refractivity contribution in [2.75, 3.05) is 24.8 Å². The molecule has 0 aromatic heterocycles. The van der Waals surface area contributed by atoms with Crippen LogP contribution in [0.2, 0.25) is 0 Å². The topological polar surface area (TPSA) is 83.9 Å². The van der Waals surface area contributed by atoms with Gasteiger partial charge in [-0.15, -0.1) is 6.42 Å². The first-order valence-electron chi connectivity index (χ1n) is 5.13. The largest absolute Gasteiger partial charge is 0.495 e. The predicted molar refractivity (Wildman–Crippen MR) is 70.3 cm³/mol. The van der Waals surface area contributed by atoms with E-state index in [1.807, 2.05) is 0 Å². The molecule has 0 aliphatic heterocycles. The van der Waals surface area contributed by atoms with Gasteiger partial charge in [-0.3, -0.25) is 4.90 Å². The van der Waals surface area contributed by atoms with Crippen LogP contribution in [0, 0.1) is 12.3 Å². The molecule has 0 unspecified atom stereocenters. The molecule has 0 atom stereocenters. The number of benzene rings is 1. The monoisotopic (exact) mass is 283 g/mol. The van der Waals surface area contributed by atoms with E-state index < -0.39 is 15.9 Å². The van der Waals surface area contributed by atoms with Gasteiger partial charge in [0.1, 0.15) is 5.75 Å². The Balaban J connectivity index is 3.37. The van der Waals surface area contributed by atoms with Crippen molar-refractivity contribution in [1.29, 1.82) is 0 Å². The normalized spacial score (nSPS) is 10.6. The highest BCUT2D eigenvalue weighted by atomic mass is 32.2. The summed E-state index contributed by atoms with van der Waals surface area (Å²) in [5.74, 6) is 2.34. The highest BCUT2D eigenvalue weighted by molar-refractivity contribution is 7.90. The van der Waals surface area contributed by atoms with Crippen LogP contribution in [0.3, 0.4) is 0 Å². The molecule has 6 nitrogen and oxygen atoms in total. The molecule has 7 heteroatoms. The molecule has 0 fully saturated rings. The van der Waals surface area contributed by atoms with E-state index in [1.165, 1.54) is 25.3 Å². The van der Waals surface area contributed by atoms with Crippen molar-refractivity contribution >= 4 is 21.6 Å². The molecule has 0 spiro atoms. The van der Waals surface area contributed by atoms with Crippen molar-refractivity contribution in [2.45, 2.75) is 4.90 Å². The highest BCUT2D eigenvalue weighted by Crippen LogP contribution is 2.30. The fraction of sp³-hybridized carbons (Fsp3) is 0.250. The number of terminal acetylenes is 1. The molecule has 1 rings (SSSR count). The molecule has 0 aliphatic carbocycles. The van der Waals surface area contributed by atoms with Gasteiger partial charge in [-0.1, -0.05) is 5.92 Å². The number of nitrogens with zero attached hydrogens (tertiary/aromatic N) is 1. The summed E-state index contributed by atoms with van der Waals surface area (Å²) in [5, 5.41) is 9.06. The Bertz CT molecular complexity index is 630. The van der Waals surface area contributed by atoms with E-state index >= 15 is 0 Å². The SMILES string of the molecule is C#CCN(C(=O)O)c1ccc(S(C)(=O)=O)cc1OC. The number of rotatable bonds is 4. The van der Waals surface area contributed by atoms with Gasteiger partial charge in [0.2, 0.25) is 0 Å². The third-order valence-electron chi connectivity index (χ3n) is 2.35. The first-order chi connectivity index (χ1) is 8.81. The van der Waals surface area contributed by atoms with Crippen molar-refractivity contribution < 1.29 is 23.1 Å². The summed E-state index contributed by atoms with van der Waals surface area (Å²) in [5.41, 5.74) is 0.195. The molecule has 0 saturated carbocycles. The van der Waals surface area contributed by atoms with Gasteiger partial charge in [0.25, 0.3) is 0 Å². The zero-order valence-electron chi connectivity index (χ0n) is 10.5. The molecule has 1 amide bonds. The smallest absolute Gasteiger partial charge is 0.412 e. The molecule has 1 aromatic carbocycles. The third kappa shape index (κ3) is 3.39. The second-order valence-corrected chi connectivity index (χ2v) is 5.69. The van der Waals surface area contributed by atoms with E-state index in [-0.39, 0.29) is 22.9 Å². The van der Waals surface area contributed by atoms with Crippen LogP contribution in [0.4, 0.5) is 10.5 Å². The van der Waals surface area contributed by atoms with Crippen LogP contribution < -0.4 is 9.64 Å². The minimum Gasteiger partial charge on any atom is -0.495 e. The number of amides is 1. The summed E-state index contributed by atoms with van der Waals surface area (Å²) >= 11 is 0. The van der Waals surface area contributed by atoms with E-state index in [2.05, 4.69) is 5.92 Å². The second kappa shape index (κ2) is 5.63. The zero-order valence-corrected chi connectivity index (χ0v) is 11.3. The number of hydrogen-bond acceptors (Lipinski definition) is 4. The lowest BCUT2D eigenvalue weighted by Gasteiger charge is -2.19. The van der Waals surface area contributed by atoms with Crippen LogP contribution >= 0.6 is 0 Å². The Morgan fingerprint density at radius 1 is 1.53 bits per heavy atom. The summed E-state index contributed by atoms with van der Waals surface area (Å²) in [7, 11) is -2.08. The van der Waals surface area contributed by atoms with Gasteiger partial charge in [-0.25, -0.2) is 13.2 Å². The van der Waals surface area contributed by atoms with Crippen molar-refractivity contribution in [3.05, 3.63) is 18.2 Å². The van der Waals surface area contributed by atoms with Gasteiger partial charge >= 0.3 is 6.09 Å². The minimum atomic E-state index is -3.40. The fourth-order valence-electron chi connectivity index (χ4n) is 1.46. The average molecular weight is 283 g/mol. The molecule has 1 N–H and O–H groups in total. The molecule has 0 radical (unpaired) electrons. The minimum absolute atomic E-state index is 0.0409. The van der Waals surface area contributed by atoms with Gasteiger partial charge in [0, 0.05) is 12.3 Å². The standard InChI is InChI=1S/C12H13NO5S/c1-4-7-13(12(14)15)10-6-5-9(19(3,16)17)8-11(10)18-2/h1,5-6,8H,7H2,2-3H3,(H,14,15). The van der Waals surface area contributed by atoms with Crippen molar-refractivity contribution in [1.82, 2.24) is 0 Å². The average Bonchev–Trinajstić information content (AvgIpc) is 2.33. The van der Waals surface area contributed by atoms with Gasteiger partial charge in [0.05, 0.1) is 24.2 Å². The Kier molecular flexibility index (Phi) is 4.40. The summed E-state index contributed by atoms with van der Waals surface area (Å²) in [4.78, 5) is 12.0. The van der Waals surface area contributed by atoms with Gasteiger partial charge in [0.15, 0.2) is 9.84 Å². The maximum atomic E-state index is 11.4. The van der Waals surface area contributed by atoms with E-state index in [0.29, 0.717) is 0 Å². The summed E-state index contributed by atoms with van der Waals surface area (Å²) in [6.07, 6.45) is 4.91. The molecule has 102 valence electrons. The lowest BCUT2D eigenvalue weighted by atomic mass is 10.2. The van der Waals surface area contributed by atoms with Crippen LogP contribution in [-0.4, -0.2) is 39.5 Å².